The number of aromatic nitrogens is 1. The first kappa shape index (κ1) is 20.7. The van der Waals surface area contributed by atoms with Crippen LogP contribution in [0.1, 0.15) is 27.3 Å². The van der Waals surface area contributed by atoms with Crippen LogP contribution in [-0.2, 0) is 0 Å². The Morgan fingerprint density at radius 3 is 2.46 bits per heavy atom. The summed E-state index contributed by atoms with van der Waals surface area (Å²) in [5.41, 5.74) is 6.14. The third kappa shape index (κ3) is 4.34. The maximum absolute atomic E-state index is 12.4. The minimum Gasteiger partial charge on any atom is -0.506 e. The molecule has 0 radical (unpaired) electrons. The Bertz CT molecular complexity index is 1070. The smallest absolute Gasteiger partial charge is 0.272 e. The number of nitrogens with zero attached hydrogens (tertiary/aromatic N) is 2. The molecular formula is C20H16Cl2IN3O2. The largest absolute Gasteiger partial charge is 0.506 e. The van der Waals surface area contributed by atoms with Gasteiger partial charge in [-0.05, 0) is 78.9 Å². The van der Waals surface area contributed by atoms with Crippen LogP contribution in [0.5, 0.6) is 5.75 Å². The summed E-state index contributed by atoms with van der Waals surface area (Å²) in [5, 5.41) is 14.7. The fourth-order valence-electron chi connectivity index (χ4n) is 2.81. The number of nitrogens with one attached hydrogen (secondary N) is 1. The number of aromatic hydroxyl groups is 1. The summed E-state index contributed by atoms with van der Waals surface area (Å²) in [6, 6.07) is 12.4. The van der Waals surface area contributed by atoms with Gasteiger partial charge in [0, 0.05) is 27.7 Å². The molecule has 0 atom stereocenters. The van der Waals surface area contributed by atoms with Gasteiger partial charge >= 0.3 is 0 Å². The molecule has 0 aliphatic rings. The Morgan fingerprint density at radius 1 is 1.14 bits per heavy atom. The van der Waals surface area contributed by atoms with Gasteiger partial charge in [-0.15, -0.1) is 0 Å². The van der Waals surface area contributed by atoms with Gasteiger partial charge in [-0.25, -0.2) is 5.43 Å². The molecule has 0 fully saturated rings. The molecule has 3 rings (SSSR count). The third-order valence-electron chi connectivity index (χ3n) is 4.15. The summed E-state index contributed by atoms with van der Waals surface area (Å²) in [6.07, 6.45) is 1.33. The van der Waals surface area contributed by atoms with E-state index in [1.807, 2.05) is 54.6 Å². The second kappa shape index (κ2) is 8.55. The zero-order chi connectivity index (χ0) is 20.4. The monoisotopic (exact) mass is 527 g/mol. The van der Waals surface area contributed by atoms with E-state index in [4.69, 9.17) is 23.2 Å². The Hall–Kier alpha value is -2.03. The normalized spacial score (nSPS) is 11.2. The second-order valence-electron chi connectivity index (χ2n) is 6.14. The van der Waals surface area contributed by atoms with Crippen LogP contribution in [-0.4, -0.2) is 21.8 Å². The third-order valence-corrected chi connectivity index (χ3v) is 5.51. The summed E-state index contributed by atoms with van der Waals surface area (Å²) in [5.74, 6) is -0.409. The van der Waals surface area contributed by atoms with Crippen LogP contribution in [0.2, 0.25) is 10.0 Å². The molecular weight excluding hydrogens is 512 g/mol. The van der Waals surface area contributed by atoms with Crippen molar-refractivity contribution in [1.29, 1.82) is 0 Å². The van der Waals surface area contributed by atoms with Crippen molar-refractivity contribution >= 4 is 57.9 Å². The maximum Gasteiger partial charge on any atom is 0.272 e. The lowest BCUT2D eigenvalue weighted by atomic mass is 10.2. The number of phenolic OH excluding ortho intramolecular Hbond substituents is 1. The molecule has 0 aliphatic carbocycles. The van der Waals surface area contributed by atoms with Crippen LogP contribution >= 0.6 is 45.8 Å². The number of carbonyl (C=O) groups excluding carboxylic acids is 1. The van der Waals surface area contributed by atoms with E-state index in [1.54, 1.807) is 24.3 Å². The fraction of sp³-hybridized carbons (Fsp3) is 0.100. The molecule has 2 N–H and O–H groups in total. The predicted molar refractivity (Wildman–Crippen MR) is 121 cm³/mol. The molecule has 1 amide bonds. The van der Waals surface area contributed by atoms with Gasteiger partial charge in [0.25, 0.3) is 5.91 Å². The Morgan fingerprint density at radius 2 is 1.82 bits per heavy atom. The quantitative estimate of drug-likeness (QED) is 0.268. The lowest BCUT2D eigenvalue weighted by Crippen LogP contribution is -2.18. The molecule has 1 aromatic heterocycles. The van der Waals surface area contributed by atoms with Gasteiger partial charge in [0.1, 0.15) is 5.75 Å². The molecule has 0 saturated carbocycles. The molecule has 8 heteroatoms. The van der Waals surface area contributed by atoms with E-state index in [9.17, 15) is 9.90 Å². The number of halogens is 3. The van der Waals surface area contributed by atoms with Crippen molar-refractivity contribution in [2.75, 3.05) is 0 Å². The summed E-state index contributed by atoms with van der Waals surface area (Å²) in [7, 11) is 0. The van der Waals surface area contributed by atoms with Crippen molar-refractivity contribution in [1.82, 2.24) is 9.99 Å². The minimum atomic E-state index is -0.454. The first-order valence-electron chi connectivity index (χ1n) is 8.24. The van der Waals surface area contributed by atoms with Crippen molar-refractivity contribution in [3.8, 4) is 11.4 Å². The summed E-state index contributed by atoms with van der Waals surface area (Å²) in [6.45, 7) is 4.01. The summed E-state index contributed by atoms with van der Waals surface area (Å²) >= 11 is 14.3. The molecule has 28 heavy (non-hydrogen) atoms. The molecule has 0 bridgehead atoms. The topological polar surface area (TPSA) is 66.6 Å². The van der Waals surface area contributed by atoms with E-state index in [2.05, 4.69) is 15.1 Å². The number of amides is 1. The molecule has 0 unspecified atom stereocenters. The van der Waals surface area contributed by atoms with Gasteiger partial charge in [-0.1, -0.05) is 23.2 Å². The van der Waals surface area contributed by atoms with Crippen molar-refractivity contribution in [2.24, 2.45) is 5.10 Å². The van der Waals surface area contributed by atoms with Crippen molar-refractivity contribution in [3.05, 3.63) is 78.6 Å². The van der Waals surface area contributed by atoms with Gasteiger partial charge in [-0.3, -0.25) is 4.79 Å². The van der Waals surface area contributed by atoms with Crippen LogP contribution in [0.25, 0.3) is 5.69 Å². The van der Waals surface area contributed by atoms with Gasteiger partial charge in [0.15, 0.2) is 0 Å². The highest BCUT2D eigenvalue weighted by molar-refractivity contribution is 14.1. The second-order valence-corrected chi connectivity index (χ2v) is 8.15. The number of aryl methyl sites for hydroxylation is 2. The van der Waals surface area contributed by atoms with Crippen LogP contribution in [0.15, 0.2) is 47.6 Å². The SMILES string of the molecule is Cc1ccc(C)n1-c1ccc(C(=O)N/N=C\c2cc(Cl)cc(I)c2O)c(Cl)c1. The lowest BCUT2D eigenvalue weighted by molar-refractivity contribution is 0.0955. The molecule has 144 valence electrons. The molecule has 5 nitrogen and oxygen atoms in total. The van der Waals surface area contributed by atoms with Crippen molar-refractivity contribution in [3.63, 3.8) is 0 Å². The van der Waals surface area contributed by atoms with Crippen LogP contribution < -0.4 is 5.43 Å². The molecule has 0 spiro atoms. The highest BCUT2D eigenvalue weighted by Crippen LogP contribution is 2.27. The Labute approximate surface area is 186 Å². The van der Waals surface area contributed by atoms with Crippen LogP contribution in [0, 0.1) is 17.4 Å². The maximum atomic E-state index is 12.4. The standard InChI is InChI=1S/C20H16Cl2IN3O2/c1-11-3-4-12(2)26(11)15-5-6-16(17(22)9-15)20(28)25-24-10-13-7-14(21)8-18(23)19(13)27/h3-10,27H,1-2H3,(H,25,28)/b24-10-. The van der Waals surface area contributed by atoms with Gasteiger partial charge in [0.05, 0.1) is 20.4 Å². The number of benzene rings is 2. The number of carbonyl (C=O) groups is 1. The van der Waals surface area contributed by atoms with Crippen LogP contribution in [0.3, 0.4) is 0 Å². The average molecular weight is 528 g/mol. The lowest BCUT2D eigenvalue weighted by Gasteiger charge is -2.11. The van der Waals surface area contributed by atoms with Gasteiger partial charge < -0.3 is 9.67 Å². The first-order valence-corrected chi connectivity index (χ1v) is 10.1. The number of phenols is 1. The van der Waals surface area contributed by atoms with Crippen LogP contribution in [0.4, 0.5) is 0 Å². The number of rotatable bonds is 4. The van der Waals surface area contributed by atoms with Gasteiger partial charge in [0.2, 0.25) is 0 Å². The number of hydrogen-bond acceptors (Lipinski definition) is 3. The highest BCUT2D eigenvalue weighted by Gasteiger charge is 2.13. The number of hydrogen-bond donors (Lipinski definition) is 2. The molecule has 0 aliphatic heterocycles. The molecule has 3 aromatic rings. The first-order chi connectivity index (χ1) is 13.3. The van der Waals surface area contributed by atoms with Crippen molar-refractivity contribution < 1.29 is 9.90 Å². The molecule has 0 saturated heterocycles. The Kier molecular flexibility index (Phi) is 6.32. The minimum absolute atomic E-state index is 0.0443. The zero-order valence-corrected chi connectivity index (χ0v) is 18.7. The number of hydrazone groups is 1. The average Bonchev–Trinajstić information content (AvgIpc) is 2.97. The van der Waals surface area contributed by atoms with E-state index >= 15 is 0 Å². The van der Waals surface area contributed by atoms with E-state index in [0.29, 0.717) is 24.7 Å². The molecule has 2 aromatic carbocycles. The Balaban J connectivity index is 1.78. The fourth-order valence-corrected chi connectivity index (χ4v) is 4.13. The summed E-state index contributed by atoms with van der Waals surface area (Å²) < 4.78 is 2.64. The molecule has 1 heterocycles. The highest BCUT2D eigenvalue weighted by atomic mass is 127. The van der Waals surface area contributed by atoms with Gasteiger partial charge in [-0.2, -0.15) is 5.10 Å². The zero-order valence-electron chi connectivity index (χ0n) is 15.0. The predicted octanol–water partition coefficient (Wildman–Crippen LogP) is 5.48. The van der Waals surface area contributed by atoms with E-state index in [1.165, 1.54) is 6.21 Å². The summed E-state index contributed by atoms with van der Waals surface area (Å²) in [4.78, 5) is 12.4. The van der Waals surface area contributed by atoms with Crippen molar-refractivity contribution in [2.45, 2.75) is 13.8 Å². The van der Waals surface area contributed by atoms with E-state index in [-0.39, 0.29) is 5.75 Å². The van der Waals surface area contributed by atoms with E-state index < -0.39 is 5.91 Å². The van der Waals surface area contributed by atoms with E-state index in [0.717, 1.165) is 17.1 Å².